The summed E-state index contributed by atoms with van der Waals surface area (Å²) in [7, 11) is 0. The van der Waals surface area contributed by atoms with E-state index in [0.29, 0.717) is 11.5 Å². The van der Waals surface area contributed by atoms with E-state index in [4.69, 9.17) is 4.74 Å². The third-order valence-corrected chi connectivity index (χ3v) is 6.31. The minimum absolute atomic E-state index is 0.458. The number of morpholine rings is 1. The Morgan fingerprint density at radius 3 is 2.60 bits per heavy atom. The molecule has 0 unspecified atom stereocenters. The number of hydrogen-bond acceptors (Lipinski definition) is 4. The zero-order chi connectivity index (χ0) is 17.1. The van der Waals surface area contributed by atoms with Gasteiger partial charge in [-0.2, -0.15) is 0 Å². The summed E-state index contributed by atoms with van der Waals surface area (Å²) in [5, 5.41) is 0. The molecule has 0 amide bonds. The lowest BCUT2D eigenvalue weighted by Crippen LogP contribution is -2.46. The van der Waals surface area contributed by atoms with E-state index in [-0.39, 0.29) is 0 Å². The Labute approximate surface area is 151 Å². The van der Waals surface area contributed by atoms with Crippen LogP contribution in [0.1, 0.15) is 37.1 Å². The molecule has 1 atom stereocenters. The van der Waals surface area contributed by atoms with Crippen LogP contribution in [-0.4, -0.2) is 60.2 Å². The molecule has 1 aromatic heterocycles. The lowest BCUT2D eigenvalue weighted by Gasteiger charge is -2.44. The second kappa shape index (κ2) is 7.56. The summed E-state index contributed by atoms with van der Waals surface area (Å²) in [6.45, 7) is 9.46. The largest absolute Gasteiger partial charge is 0.379 e. The van der Waals surface area contributed by atoms with Crippen LogP contribution in [-0.2, 0) is 11.3 Å². The number of aryl methyl sites for hydroxylation is 1. The van der Waals surface area contributed by atoms with Crippen LogP contribution in [0.25, 0.3) is 0 Å². The van der Waals surface area contributed by atoms with Crippen molar-refractivity contribution < 1.29 is 4.74 Å². The number of rotatable bonds is 3. The fraction of sp³-hybridized carbons (Fsp3) is 0.667. The van der Waals surface area contributed by atoms with Crippen LogP contribution in [0.5, 0.6) is 0 Å². The Bertz CT molecular complexity index is 601. The monoisotopic (exact) mass is 341 g/mol. The van der Waals surface area contributed by atoms with Crippen LogP contribution >= 0.6 is 0 Å². The first-order chi connectivity index (χ1) is 12.2. The van der Waals surface area contributed by atoms with Crippen LogP contribution in [0.2, 0.25) is 0 Å². The highest BCUT2D eigenvalue weighted by Gasteiger charge is 2.36. The molecule has 0 radical (unpaired) electrons. The van der Waals surface area contributed by atoms with Crippen molar-refractivity contribution in [1.82, 2.24) is 14.8 Å². The van der Waals surface area contributed by atoms with E-state index in [0.717, 1.165) is 38.5 Å². The Morgan fingerprint density at radius 2 is 1.92 bits per heavy atom. The summed E-state index contributed by atoms with van der Waals surface area (Å²) >= 11 is 0. The summed E-state index contributed by atoms with van der Waals surface area (Å²) < 4.78 is 5.49. The van der Waals surface area contributed by atoms with Crippen LogP contribution < -0.4 is 0 Å². The normalized spacial score (nSPS) is 27.6. The number of ether oxygens (including phenoxy) is 1. The van der Waals surface area contributed by atoms with Gasteiger partial charge in [0.1, 0.15) is 0 Å². The molecule has 2 fully saturated rings. The van der Waals surface area contributed by atoms with Crippen LogP contribution in [0.3, 0.4) is 0 Å². The predicted molar refractivity (Wildman–Crippen MR) is 100 cm³/mol. The number of likely N-dealkylation sites (tertiary alicyclic amines) is 1. The highest BCUT2D eigenvalue weighted by atomic mass is 16.5. The molecule has 0 aromatic carbocycles. The molecule has 1 aliphatic carbocycles. The maximum absolute atomic E-state index is 5.49. The minimum atomic E-state index is 0.458. The van der Waals surface area contributed by atoms with Crippen molar-refractivity contribution in [2.45, 2.75) is 45.2 Å². The van der Waals surface area contributed by atoms with E-state index < -0.39 is 0 Å². The summed E-state index contributed by atoms with van der Waals surface area (Å²) in [4.78, 5) is 9.84. The maximum Gasteiger partial charge on any atom is 0.0594 e. The van der Waals surface area contributed by atoms with E-state index in [1.54, 1.807) is 0 Å². The van der Waals surface area contributed by atoms with Crippen molar-refractivity contribution >= 4 is 0 Å². The van der Waals surface area contributed by atoms with Gasteiger partial charge in [0.2, 0.25) is 0 Å². The number of aromatic nitrogens is 1. The SMILES string of the molecule is Cc1cccc(CN2CCC3(C=C[C@H](N4CCOCC4)CC3)CC2)n1. The van der Waals surface area contributed by atoms with Crippen LogP contribution in [0.4, 0.5) is 0 Å². The number of nitrogens with zero attached hydrogens (tertiary/aromatic N) is 3. The van der Waals surface area contributed by atoms with Crippen LogP contribution in [0.15, 0.2) is 30.4 Å². The molecular formula is C21H31N3O. The molecular weight excluding hydrogens is 310 g/mol. The summed E-state index contributed by atoms with van der Waals surface area (Å²) in [6.07, 6.45) is 10.3. The van der Waals surface area contributed by atoms with Crippen LogP contribution in [0, 0.1) is 12.3 Å². The Balaban J connectivity index is 1.31. The van der Waals surface area contributed by atoms with Gasteiger partial charge in [0.25, 0.3) is 0 Å². The van der Waals surface area contributed by atoms with E-state index in [2.05, 4.69) is 52.1 Å². The van der Waals surface area contributed by atoms with Crippen molar-refractivity contribution in [1.29, 1.82) is 0 Å². The average molecular weight is 341 g/mol. The van der Waals surface area contributed by atoms with E-state index in [1.807, 2.05) is 0 Å². The molecule has 136 valence electrons. The molecule has 3 heterocycles. The van der Waals surface area contributed by atoms with Crippen molar-refractivity contribution in [3.05, 3.63) is 41.7 Å². The molecule has 1 aromatic rings. The van der Waals surface area contributed by atoms with Gasteiger partial charge in [0, 0.05) is 31.4 Å². The molecule has 2 saturated heterocycles. The molecule has 4 rings (SSSR count). The third-order valence-electron chi connectivity index (χ3n) is 6.31. The van der Waals surface area contributed by atoms with Crippen molar-refractivity contribution in [2.24, 2.45) is 5.41 Å². The number of pyridine rings is 1. The van der Waals surface area contributed by atoms with E-state index in [1.165, 1.54) is 44.5 Å². The average Bonchev–Trinajstić information content (AvgIpc) is 2.65. The first kappa shape index (κ1) is 17.2. The molecule has 0 N–H and O–H groups in total. The van der Waals surface area contributed by atoms with Gasteiger partial charge in [-0.3, -0.25) is 14.8 Å². The van der Waals surface area contributed by atoms with Gasteiger partial charge in [-0.1, -0.05) is 18.2 Å². The third kappa shape index (κ3) is 4.13. The van der Waals surface area contributed by atoms with Gasteiger partial charge in [-0.05, 0) is 63.2 Å². The molecule has 0 saturated carbocycles. The Hall–Kier alpha value is -1.23. The van der Waals surface area contributed by atoms with Crippen molar-refractivity contribution in [3.8, 4) is 0 Å². The minimum Gasteiger partial charge on any atom is -0.379 e. The van der Waals surface area contributed by atoms with Gasteiger partial charge < -0.3 is 4.74 Å². The molecule has 2 aliphatic heterocycles. The standard InChI is InChI=1S/C21H31N3O/c1-18-3-2-4-19(22-18)17-23-11-9-21(10-12-23)7-5-20(6-8-21)24-13-15-25-16-14-24/h2-5,7,20H,6,8-17H2,1H3/t20-/m0/s1. The van der Waals surface area contributed by atoms with E-state index in [9.17, 15) is 0 Å². The van der Waals surface area contributed by atoms with Gasteiger partial charge in [0.15, 0.2) is 0 Å². The number of piperidine rings is 1. The van der Waals surface area contributed by atoms with Gasteiger partial charge in [-0.15, -0.1) is 0 Å². The highest BCUT2D eigenvalue weighted by Crippen LogP contribution is 2.41. The van der Waals surface area contributed by atoms with Gasteiger partial charge >= 0.3 is 0 Å². The molecule has 0 bridgehead atoms. The number of hydrogen-bond donors (Lipinski definition) is 0. The molecule has 25 heavy (non-hydrogen) atoms. The van der Waals surface area contributed by atoms with Crippen molar-refractivity contribution in [3.63, 3.8) is 0 Å². The second-order valence-corrected chi connectivity index (χ2v) is 8.02. The lowest BCUT2D eigenvalue weighted by molar-refractivity contribution is 0.0175. The fourth-order valence-corrected chi connectivity index (χ4v) is 4.63. The van der Waals surface area contributed by atoms with Crippen molar-refractivity contribution in [2.75, 3.05) is 39.4 Å². The number of allylic oxidation sites excluding steroid dienone is 1. The summed E-state index contributed by atoms with van der Waals surface area (Å²) in [6, 6.07) is 7.00. The van der Waals surface area contributed by atoms with E-state index >= 15 is 0 Å². The van der Waals surface area contributed by atoms with Gasteiger partial charge in [0.05, 0.1) is 18.9 Å². The second-order valence-electron chi connectivity index (χ2n) is 8.02. The highest BCUT2D eigenvalue weighted by molar-refractivity contribution is 5.13. The smallest absolute Gasteiger partial charge is 0.0594 e. The first-order valence-electron chi connectivity index (χ1n) is 9.89. The predicted octanol–water partition coefficient (Wildman–Crippen LogP) is 3.02. The lowest BCUT2D eigenvalue weighted by atomic mass is 9.71. The molecule has 4 nitrogen and oxygen atoms in total. The summed E-state index contributed by atoms with van der Waals surface area (Å²) in [5.41, 5.74) is 2.79. The maximum atomic E-state index is 5.49. The molecule has 3 aliphatic rings. The fourth-order valence-electron chi connectivity index (χ4n) is 4.63. The summed E-state index contributed by atoms with van der Waals surface area (Å²) in [5.74, 6) is 0. The topological polar surface area (TPSA) is 28.6 Å². The Morgan fingerprint density at radius 1 is 1.12 bits per heavy atom. The quantitative estimate of drug-likeness (QED) is 0.790. The first-order valence-corrected chi connectivity index (χ1v) is 9.89. The Kier molecular flexibility index (Phi) is 5.20. The zero-order valence-corrected chi connectivity index (χ0v) is 15.5. The van der Waals surface area contributed by atoms with Gasteiger partial charge in [-0.25, -0.2) is 0 Å². The molecule has 1 spiro atoms. The zero-order valence-electron chi connectivity index (χ0n) is 15.5. The molecule has 4 heteroatoms.